The predicted molar refractivity (Wildman–Crippen MR) is 75.1 cm³/mol. The third kappa shape index (κ3) is 2.76. The van der Waals surface area contributed by atoms with Gasteiger partial charge in [-0.3, -0.25) is 4.79 Å². The molecule has 21 heavy (non-hydrogen) atoms. The number of methoxy groups -OCH3 is 2. The number of ether oxygens (including phenoxy) is 2. The van der Waals surface area contributed by atoms with E-state index in [4.69, 9.17) is 4.74 Å². The van der Waals surface area contributed by atoms with E-state index in [2.05, 4.69) is 4.74 Å². The van der Waals surface area contributed by atoms with Crippen LogP contribution in [0.2, 0.25) is 0 Å². The lowest BCUT2D eigenvalue weighted by Gasteiger charge is -2.11. The Hall–Kier alpha value is -2.69. The second-order valence-corrected chi connectivity index (χ2v) is 4.23. The molecule has 0 aliphatic rings. The van der Waals surface area contributed by atoms with Gasteiger partial charge in [0.1, 0.15) is 11.6 Å². The zero-order chi connectivity index (χ0) is 15.4. The van der Waals surface area contributed by atoms with Crippen molar-refractivity contribution in [2.75, 3.05) is 14.2 Å². The number of carbonyl (C=O) groups is 2. The maximum absolute atomic E-state index is 14.0. The van der Waals surface area contributed by atoms with Gasteiger partial charge in [-0.1, -0.05) is 18.2 Å². The Morgan fingerprint density at radius 3 is 2.52 bits per heavy atom. The van der Waals surface area contributed by atoms with Crippen LogP contribution >= 0.6 is 0 Å². The minimum absolute atomic E-state index is 0.147. The minimum atomic E-state index is -0.743. The van der Waals surface area contributed by atoms with E-state index in [1.807, 2.05) is 0 Å². The first-order chi connectivity index (χ1) is 10.1. The van der Waals surface area contributed by atoms with Crippen molar-refractivity contribution in [2.24, 2.45) is 0 Å². The zero-order valence-electron chi connectivity index (χ0n) is 11.6. The molecule has 0 aromatic heterocycles. The third-order valence-electron chi connectivity index (χ3n) is 3.06. The number of rotatable bonds is 4. The van der Waals surface area contributed by atoms with Crippen molar-refractivity contribution in [3.8, 4) is 16.9 Å². The highest BCUT2D eigenvalue weighted by molar-refractivity contribution is 5.91. The van der Waals surface area contributed by atoms with E-state index in [-0.39, 0.29) is 5.56 Å². The van der Waals surface area contributed by atoms with Crippen molar-refractivity contribution in [1.29, 1.82) is 0 Å². The summed E-state index contributed by atoms with van der Waals surface area (Å²) >= 11 is 0. The minimum Gasteiger partial charge on any atom is -0.495 e. The van der Waals surface area contributed by atoms with E-state index in [1.54, 1.807) is 24.3 Å². The number of carbonyl (C=O) groups excluding carboxylic acids is 2. The highest BCUT2D eigenvalue weighted by atomic mass is 19.1. The predicted octanol–water partition coefficient (Wildman–Crippen LogP) is 3.10. The SMILES string of the molecule is COC(=O)c1ccc(-c2cccc(C=O)c2OC)cc1F. The Balaban J connectivity index is 2.56. The molecule has 2 aromatic carbocycles. The molecule has 0 radical (unpaired) electrons. The van der Waals surface area contributed by atoms with Crippen LogP contribution in [0.1, 0.15) is 20.7 Å². The highest BCUT2D eigenvalue weighted by Gasteiger charge is 2.15. The van der Waals surface area contributed by atoms with Crippen molar-refractivity contribution >= 4 is 12.3 Å². The monoisotopic (exact) mass is 288 g/mol. The number of para-hydroxylation sites is 1. The Morgan fingerprint density at radius 1 is 1.19 bits per heavy atom. The van der Waals surface area contributed by atoms with Gasteiger partial charge < -0.3 is 9.47 Å². The molecular formula is C16H13FO4. The molecule has 4 nitrogen and oxygen atoms in total. The zero-order valence-corrected chi connectivity index (χ0v) is 11.6. The molecule has 0 bridgehead atoms. The van der Waals surface area contributed by atoms with E-state index in [0.29, 0.717) is 28.7 Å². The number of benzene rings is 2. The van der Waals surface area contributed by atoms with Crippen LogP contribution in [0.5, 0.6) is 5.75 Å². The van der Waals surface area contributed by atoms with Crippen LogP contribution in [-0.2, 0) is 4.74 Å². The van der Waals surface area contributed by atoms with Gasteiger partial charge in [-0.05, 0) is 23.8 Å². The summed E-state index contributed by atoms with van der Waals surface area (Å²) in [5.41, 5.74) is 1.29. The molecule has 0 aliphatic heterocycles. The molecule has 0 aliphatic carbocycles. The van der Waals surface area contributed by atoms with E-state index in [1.165, 1.54) is 26.4 Å². The molecule has 0 N–H and O–H groups in total. The molecule has 0 saturated heterocycles. The first-order valence-corrected chi connectivity index (χ1v) is 6.12. The lowest BCUT2D eigenvalue weighted by Crippen LogP contribution is -2.04. The normalized spacial score (nSPS) is 10.0. The van der Waals surface area contributed by atoms with E-state index in [0.717, 1.165) is 0 Å². The molecule has 0 atom stereocenters. The topological polar surface area (TPSA) is 52.6 Å². The number of halogens is 1. The quantitative estimate of drug-likeness (QED) is 0.641. The summed E-state index contributed by atoms with van der Waals surface area (Å²) in [6.45, 7) is 0. The first kappa shape index (κ1) is 14.7. The summed E-state index contributed by atoms with van der Waals surface area (Å²) < 4.78 is 23.7. The van der Waals surface area contributed by atoms with Crippen molar-refractivity contribution in [2.45, 2.75) is 0 Å². The highest BCUT2D eigenvalue weighted by Crippen LogP contribution is 2.33. The second-order valence-electron chi connectivity index (χ2n) is 4.23. The van der Waals surface area contributed by atoms with Crippen LogP contribution in [0.4, 0.5) is 4.39 Å². The van der Waals surface area contributed by atoms with Gasteiger partial charge in [0, 0.05) is 5.56 Å². The summed E-state index contributed by atoms with van der Waals surface area (Å²) in [6, 6.07) is 9.10. The second kappa shape index (κ2) is 6.17. The number of aldehydes is 1. The molecule has 0 saturated carbocycles. The smallest absolute Gasteiger partial charge is 0.340 e. The van der Waals surface area contributed by atoms with Crippen molar-refractivity contribution < 1.29 is 23.5 Å². The van der Waals surface area contributed by atoms with Gasteiger partial charge >= 0.3 is 5.97 Å². The van der Waals surface area contributed by atoms with Gasteiger partial charge in [0.05, 0.1) is 25.3 Å². The summed E-state index contributed by atoms with van der Waals surface area (Å²) in [7, 11) is 2.62. The number of hydrogen-bond acceptors (Lipinski definition) is 4. The van der Waals surface area contributed by atoms with Gasteiger partial charge in [0.2, 0.25) is 0 Å². The molecule has 0 fully saturated rings. The maximum atomic E-state index is 14.0. The lowest BCUT2D eigenvalue weighted by atomic mass is 10.00. The third-order valence-corrected chi connectivity index (χ3v) is 3.06. The summed E-state index contributed by atoms with van der Waals surface area (Å²) in [5.74, 6) is -1.08. The number of esters is 1. The average Bonchev–Trinajstić information content (AvgIpc) is 2.53. The molecule has 0 amide bonds. The van der Waals surface area contributed by atoms with Crippen LogP contribution in [0.15, 0.2) is 36.4 Å². The molecule has 0 spiro atoms. The molecule has 5 heteroatoms. The van der Waals surface area contributed by atoms with Crippen LogP contribution in [-0.4, -0.2) is 26.5 Å². The van der Waals surface area contributed by atoms with Crippen LogP contribution < -0.4 is 4.74 Å². The van der Waals surface area contributed by atoms with Gasteiger partial charge in [-0.2, -0.15) is 0 Å². The molecule has 2 rings (SSSR count). The van der Waals surface area contributed by atoms with E-state index < -0.39 is 11.8 Å². The summed E-state index contributed by atoms with van der Waals surface area (Å²) in [4.78, 5) is 22.4. The molecular weight excluding hydrogens is 275 g/mol. The average molecular weight is 288 g/mol. The van der Waals surface area contributed by atoms with Crippen molar-refractivity contribution in [3.05, 3.63) is 53.3 Å². The maximum Gasteiger partial charge on any atom is 0.340 e. The fourth-order valence-corrected chi connectivity index (χ4v) is 2.06. The van der Waals surface area contributed by atoms with Gasteiger partial charge in [-0.25, -0.2) is 9.18 Å². The largest absolute Gasteiger partial charge is 0.495 e. The Kier molecular flexibility index (Phi) is 4.33. The molecule has 0 heterocycles. The van der Waals surface area contributed by atoms with Gasteiger partial charge in [0.25, 0.3) is 0 Å². The lowest BCUT2D eigenvalue weighted by molar-refractivity contribution is 0.0595. The summed E-state index contributed by atoms with van der Waals surface area (Å²) in [6.07, 6.45) is 0.668. The standard InChI is InChI=1S/C16H13FO4/c1-20-15-11(9-18)4-3-5-12(15)10-6-7-13(14(17)8-10)16(19)21-2/h3-9H,1-2H3. The fraction of sp³-hybridized carbons (Fsp3) is 0.125. The molecule has 0 unspecified atom stereocenters. The van der Waals surface area contributed by atoms with Crippen LogP contribution in [0.25, 0.3) is 11.1 Å². The van der Waals surface area contributed by atoms with Crippen LogP contribution in [0.3, 0.4) is 0 Å². The van der Waals surface area contributed by atoms with Crippen molar-refractivity contribution in [3.63, 3.8) is 0 Å². The Bertz CT molecular complexity index is 695. The summed E-state index contributed by atoms with van der Waals surface area (Å²) in [5, 5.41) is 0. The van der Waals surface area contributed by atoms with Gasteiger partial charge in [-0.15, -0.1) is 0 Å². The van der Waals surface area contributed by atoms with Crippen molar-refractivity contribution in [1.82, 2.24) is 0 Å². The number of hydrogen-bond donors (Lipinski definition) is 0. The van der Waals surface area contributed by atoms with E-state index in [9.17, 15) is 14.0 Å². The molecule has 2 aromatic rings. The molecule has 108 valence electrons. The fourth-order valence-electron chi connectivity index (χ4n) is 2.06. The van der Waals surface area contributed by atoms with E-state index >= 15 is 0 Å². The Labute approximate surface area is 121 Å². The van der Waals surface area contributed by atoms with Crippen LogP contribution in [0, 0.1) is 5.82 Å². The first-order valence-electron chi connectivity index (χ1n) is 6.12. The Morgan fingerprint density at radius 2 is 1.95 bits per heavy atom. The van der Waals surface area contributed by atoms with Gasteiger partial charge in [0.15, 0.2) is 6.29 Å².